The third kappa shape index (κ3) is 5.83. The Morgan fingerprint density at radius 2 is 1.68 bits per heavy atom. The number of amides is 1. The van der Waals surface area contributed by atoms with E-state index in [2.05, 4.69) is 15.0 Å². The van der Waals surface area contributed by atoms with Crippen molar-refractivity contribution in [1.82, 2.24) is 4.98 Å². The number of rotatable bonds is 8. The fraction of sp³-hybridized carbons (Fsp3) is 0.100. The van der Waals surface area contributed by atoms with Crippen molar-refractivity contribution in [3.63, 3.8) is 0 Å². The highest BCUT2D eigenvalue weighted by Crippen LogP contribution is 2.20. The minimum absolute atomic E-state index is 0.163. The van der Waals surface area contributed by atoms with Crippen molar-refractivity contribution >= 4 is 39.1 Å². The number of benzene rings is 2. The normalized spacial score (nSPS) is 11.0. The van der Waals surface area contributed by atoms with Gasteiger partial charge in [-0.15, -0.1) is 11.8 Å². The molecule has 8 heteroatoms. The molecule has 0 fully saturated rings. The maximum absolute atomic E-state index is 12.4. The van der Waals surface area contributed by atoms with Crippen molar-refractivity contribution in [3.8, 4) is 0 Å². The quantitative estimate of drug-likeness (QED) is 0.587. The molecule has 1 heterocycles. The summed E-state index contributed by atoms with van der Waals surface area (Å²) in [7, 11) is -3.68. The molecule has 1 amide bonds. The highest BCUT2D eigenvalue weighted by Gasteiger charge is 2.13. The molecule has 0 saturated heterocycles. The van der Waals surface area contributed by atoms with E-state index in [-0.39, 0.29) is 16.6 Å². The first-order valence-electron chi connectivity index (χ1n) is 8.48. The number of sulfonamides is 1. The third-order valence-corrected chi connectivity index (χ3v) is 6.02. The smallest absolute Gasteiger partial charge is 0.261 e. The summed E-state index contributed by atoms with van der Waals surface area (Å²) in [4.78, 5) is 16.5. The number of carbonyl (C=O) groups excluding carboxylic acids is 1. The third-order valence-electron chi connectivity index (χ3n) is 3.66. The molecule has 0 aliphatic rings. The molecule has 0 saturated carbocycles. The van der Waals surface area contributed by atoms with Crippen LogP contribution in [0.3, 0.4) is 0 Å². The fourth-order valence-corrected chi connectivity index (χ4v) is 4.21. The lowest BCUT2D eigenvalue weighted by atomic mass is 10.3. The van der Waals surface area contributed by atoms with Crippen molar-refractivity contribution in [1.29, 1.82) is 0 Å². The summed E-state index contributed by atoms with van der Waals surface area (Å²) in [5, 5.41) is 2.78. The number of hydrogen-bond acceptors (Lipinski definition) is 5. The zero-order valence-corrected chi connectivity index (χ0v) is 16.5. The zero-order valence-electron chi connectivity index (χ0n) is 14.9. The van der Waals surface area contributed by atoms with Gasteiger partial charge < -0.3 is 5.32 Å². The molecule has 1 aromatic heterocycles. The molecule has 0 aliphatic carbocycles. The molecular formula is C20H19N3O3S2. The van der Waals surface area contributed by atoms with Crippen molar-refractivity contribution in [3.05, 3.63) is 84.7 Å². The monoisotopic (exact) mass is 413 g/mol. The van der Waals surface area contributed by atoms with E-state index in [9.17, 15) is 13.2 Å². The highest BCUT2D eigenvalue weighted by atomic mass is 32.2. The number of pyridine rings is 1. The largest absolute Gasteiger partial charge is 0.325 e. The van der Waals surface area contributed by atoms with E-state index < -0.39 is 10.0 Å². The summed E-state index contributed by atoms with van der Waals surface area (Å²) in [5.41, 5.74) is 1.82. The van der Waals surface area contributed by atoms with Crippen LogP contribution in [0.2, 0.25) is 0 Å². The minimum atomic E-state index is -3.68. The minimum Gasteiger partial charge on any atom is -0.325 e. The van der Waals surface area contributed by atoms with Gasteiger partial charge in [-0.3, -0.25) is 14.5 Å². The lowest BCUT2D eigenvalue weighted by molar-refractivity contribution is -0.113. The molecule has 0 unspecified atom stereocenters. The van der Waals surface area contributed by atoms with Gasteiger partial charge in [-0.05, 0) is 42.5 Å². The van der Waals surface area contributed by atoms with Crippen LogP contribution >= 0.6 is 11.8 Å². The van der Waals surface area contributed by atoms with Crippen LogP contribution in [0.25, 0.3) is 0 Å². The van der Waals surface area contributed by atoms with Crippen LogP contribution in [0.4, 0.5) is 11.4 Å². The van der Waals surface area contributed by atoms with Crippen LogP contribution in [-0.2, 0) is 20.6 Å². The average Bonchev–Trinajstić information content (AvgIpc) is 2.69. The molecule has 0 aliphatic heterocycles. The van der Waals surface area contributed by atoms with E-state index in [0.29, 0.717) is 17.1 Å². The molecule has 144 valence electrons. The maximum atomic E-state index is 12.4. The second kappa shape index (κ2) is 9.38. The molecular weight excluding hydrogens is 394 g/mol. The molecule has 0 bridgehead atoms. The van der Waals surface area contributed by atoms with E-state index in [1.54, 1.807) is 48.7 Å². The van der Waals surface area contributed by atoms with Crippen LogP contribution in [0.5, 0.6) is 0 Å². The summed E-state index contributed by atoms with van der Waals surface area (Å²) < 4.78 is 27.3. The van der Waals surface area contributed by atoms with Crippen LogP contribution in [-0.4, -0.2) is 25.1 Å². The van der Waals surface area contributed by atoms with Gasteiger partial charge in [-0.2, -0.15) is 0 Å². The summed E-state index contributed by atoms with van der Waals surface area (Å²) in [6, 6.07) is 20.4. The van der Waals surface area contributed by atoms with Crippen LogP contribution in [0.1, 0.15) is 5.69 Å². The maximum Gasteiger partial charge on any atom is 0.261 e. The summed E-state index contributed by atoms with van der Waals surface area (Å²) >= 11 is 1.46. The van der Waals surface area contributed by atoms with Gasteiger partial charge in [0.05, 0.1) is 22.0 Å². The van der Waals surface area contributed by atoms with Gasteiger partial charge in [0.2, 0.25) is 5.91 Å². The van der Waals surface area contributed by atoms with Gasteiger partial charge in [-0.25, -0.2) is 8.42 Å². The second-order valence-corrected chi connectivity index (χ2v) is 8.53. The molecule has 0 radical (unpaired) electrons. The Balaban J connectivity index is 1.56. The van der Waals surface area contributed by atoms with Gasteiger partial charge in [-0.1, -0.05) is 30.3 Å². The van der Waals surface area contributed by atoms with E-state index in [1.807, 2.05) is 18.2 Å². The van der Waals surface area contributed by atoms with Gasteiger partial charge in [0.1, 0.15) is 0 Å². The van der Waals surface area contributed by atoms with E-state index in [1.165, 1.54) is 23.9 Å². The van der Waals surface area contributed by atoms with Crippen molar-refractivity contribution in [2.45, 2.75) is 10.6 Å². The zero-order chi connectivity index (χ0) is 19.8. The average molecular weight is 414 g/mol. The topological polar surface area (TPSA) is 88.2 Å². The number of anilines is 2. The molecule has 3 rings (SSSR count). The predicted octanol–water partition coefficient (Wildman–Crippen LogP) is 3.75. The number of nitrogens with one attached hydrogen (secondary N) is 2. The van der Waals surface area contributed by atoms with Gasteiger partial charge in [0.25, 0.3) is 10.0 Å². The summed E-state index contributed by atoms with van der Waals surface area (Å²) in [5.74, 6) is 0.755. The first-order valence-corrected chi connectivity index (χ1v) is 11.1. The first kappa shape index (κ1) is 19.9. The number of nitrogens with zero attached hydrogens (tertiary/aromatic N) is 1. The highest BCUT2D eigenvalue weighted by molar-refractivity contribution is 7.99. The SMILES string of the molecule is O=C(CSCc1ccccn1)Nc1cccc(NS(=O)(=O)c2ccccc2)c1. The summed E-state index contributed by atoms with van der Waals surface area (Å²) in [6.07, 6.45) is 1.72. The standard InChI is InChI=1S/C20H19N3O3S2/c24-20(15-27-14-18-7-4-5-12-21-18)22-16-8-6-9-17(13-16)23-28(25,26)19-10-2-1-3-11-19/h1-13,23H,14-15H2,(H,22,24). The van der Waals surface area contributed by atoms with Gasteiger partial charge in [0.15, 0.2) is 0 Å². The molecule has 0 atom stereocenters. The fourth-order valence-electron chi connectivity index (χ4n) is 2.40. The van der Waals surface area contributed by atoms with Crippen LogP contribution < -0.4 is 10.0 Å². The number of hydrogen-bond donors (Lipinski definition) is 2. The number of thioether (sulfide) groups is 1. The van der Waals surface area contributed by atoms with Crippen molar-refractivity contribution in [2.24, 2.45) is 0 Å². The molecule has 3 aromatic rings. The van der Waals surface area contributed by atoms with E-state index in [0.717, 1.165) is 5.69 Å². The first-order chi connectivity index (χ1) is 13.5. The summed E-state index contributed by atoms with van der Waals surface area (Å²) in [6.45, 7) is 0. The van der Waals surface area contributed by atoms with Gasteiger partial charge >= 0.3 is 0 Å². The van der Waals surface area contributed by atoms with E-state index >= 15 is 0 Å². The predicted molar refractivity (Wildman–Crippen MR) is 113 cm³/mol. The van der Waals surface area contributed by atoms with Gasteiger partial charge in [0, 0.05) is 17.6 Å². The molecule has 2 N–H and O–H groups in total. The van der Waals surface area contributed by atoms with E-state index in [4.69, 9.17) is 0 Å². The van der Waals surface area contributed by atoms with Crippen LogP contribution in [0, 0.1) is 0 Å². The molecule has 2 aromatic carbocycles. The molecule has 0 spiro atoms. The molecule has 6 nitrogen and oxygen atoms in total. The Kier molecular flexibility index (Phi) is 6.67. The Labute approximate surface area is 168 Å². The lowest BCUT2D eigenvalue weighted by Crippen LogP contribution is -2.15. The number of carbonyl (C=O) groups is 1. The Morgan fingerprint density at radius 1 is 0.929 bits per heavy atom. The van der Waals surface area contributed by atoms with Crippen LogP contribution in [0.15, 0.2) is 83.9 Å². The lowest BCUT2D eigenvalue weighted by Gasteiger charge is -2.10. The molecule has 28 heavy (non-hydrogen) atoms. The van der Waals surface area contributed by atoms with Crippen molar-refractivity contribution in [2.75, 3.05) is 15.8 Å². The Hall–Kier alpha value is -2.84. The Morgan fingerprint density at radius 3 is 2.43 bits per heavy atom. The second-order valence-electron chi connectivity index (χ2n) is 5.86. The van der Waals surface area contributed by atoms with Crippen molar-refractivity contribution < 1.29 is 13.2 Å². The number of aromatic nitrogens is 1. The Bertz CT molecular complexity index is 1030.